The number of pyridine rings is 1. The molecule has 1 aromatic heterocycles. The highest BCUT2D eigenvalue weighted by Gasteiger charge is 2.29. The van der Waals surface area contributed by atoms with E-state index in [0.29, 0.717) is 23.3 Å². The lowest BCUT2D eigenvalue weighted by molar-refractivity contribution is -0.125. The lowest BCUT2D eigenvalue weighted by Crippen LogP contribution is -2.45. The molecular formula is C13H16BrN3O2. The third kappa shape index (κ3) is 3.12. The highest BCUT2D eigenvalue weighted by atomic mass is 79.9. The monoisotopic (exact) mass is 325 g/mol. The van der Waals surface area contributed by atoms with Gasteiger partial charge in [-0.1, -0.05) is 0 Å². The zero-order valence-electron chi connectivity index (χ0n) is 10.7. The van der Waals surface area contributed by atoms with E-state index in [1.807, 2.05) is 0 Å². The van der Waals surface area contributed by atoms with Gasteiger partial charge >= 0.3 is 0 Å². The van der Waals surface area contributed by atoms with E-state index in [1.54, 1.807) is 30.3 Å². The Hall–Kier alpha value is -1.43. The van der Waals surface area contributed by atoms with Crippen molar-refractivity contribution < 1.29 is 9.59 Å². The molecule has 0 spiro atoms. The van der Waals surface area contributed by atoms with E-state index >= 15 is 0 Å². The zero-order valence-corrected chi connectivity index (χ0v) is 12.3. The molecule has 1 fully saturated rings. The number of nitrogens with zero attached hydrogens (tertiary/aromatic N) is 2. The van der Waals surface area contributed by atoms with Crippen molar-refractivity contribution in [3.05, 3.63) is 28.5 Å². The molecule has 0 aliphatic carbocycles. The molecule has 0 saturated carbocycles. The quantitative estimate of drug-likeness (QED) is 0.895. The van der Waals surface area contributed by atoms with Crippen LogP contribution in [0.1, 0.15) is 23.3 Å². The second kappa shape index (κ2) is 6.14. The van der Waals surface area contributed by atoms with Crippen LogP contribution in [0.2, 0.25) is 0 Å². The van der Waals surface area contributed by atoms with Crippen LogP contribution in [0.15, 0.2) is 22.8 Å². The Bertz CT molecular complexity index is 493. The van der Waals surface area contributed by atoms with Crippen LogP contribution in [-0.2, 0) is 4.79 Å². The Kier molecular flexibility index (Phi) is 4.52. The van der Waals surface area contributed by atoms with E-state index in [2.05, 4.69) is 26.2 Å². The summed E-state index contributed by atoms with van der Waals surface area (Å²) in [5, 5.41) is 2.64. The van der Waals surface area contributed by atoms with Crippen molar-refractivity contribution in [2.45, 2.75) is 12.8 Å². The molecule has 2 heterocycles. The van der Waals surface area contributed by atoms with Crippen LogP contribution in [0.25, 0.3) is 0 Å². The average molecular weight is 326 g/mol. The zero-order chi connectivity index (χ0) is 13.8. The maximum absolute atomic E-state index is 12.4. The molecule has 2 rings (SSSR count). The predicted molar refractivity (Wildman–Crippen MR) is 74.6 cm³/mol. The Morgan fingerprint density at radius 3 is 3.00 bits per heavy atom. The largest absolute Gasteiger partial charge is 0.359 e. The van der Waals surface area contributed by atoms with E-state index in [0.717, 1.165) is 12.8 Å². The fourth-order valence-corrected chi connectivity index (χ4v) is 2.70. The van der Waals surface area contributed by atoms with Crippen molar-refractivity contribution in [1.82, 2.24) is 15.2 Å². The first-order valence-electron chi connectivity index (χ1n) is 6.25. The van der Waals surface area contributed by atoms with Crippen molar-refractivity contribution in [2.75, 3.05) is 20.1 Å². The number of amides is 2. The molecule has 0 bridgehead atoms. The first kappa shape index (κ1) is 14.0. The number of nitrogens with one attached hydrogen (secondary N) is 1. The van der Waals surface area contributed by atoms with Crippen LogP contribution in [0, 0.1) is 5.92 Å². The van der Waals surface area contributed by atoms with Gasteiger partial charge in [-0.3, -0.25) is 9.59 Å². The first-order valence-corrected chi connectivity index (χ1v) is 7.04. The molecule has 1 aliphatic heterocycles. The summed E-state index contributed by atoms with van der Waals surface area (Å²) in [6.07, 6.45) is 3.26. The highest BCUT2D eigenvalue weighted by Crippen LogP contribution is 2.21. The summed E-state index contributed by atoms with van der Waals surface area (Å²) in [4.78, 5) is 29.9. The van der Waals surface area contributed by atoms with Crippen molar-refractivity contribution in [3.8, 4) is 0 Å². The third-order valence-electron chi connectivity index (χ3n) is 3.29. The van der Waals surface area contributed by atoms with Crippen LogP contribution in [0.3, 0.4) is 0 Å². The Morgan fingerprint density at radius 2 is 2.32 bits per heavy atom. The van der Waals surface area contributed by atoms with Crippen LogP contribution >= 0.6 is 15.9 Å². The number of likely N-dealkylation sites (tertiary alicyclic amines) is 1. The van der Waals surface area contributed by atoms with Crippen LogP contribution in [0.4, 0.5) is 0 Å². The van der Waals surface area contributed by atoms with Crippen LogP contribution in [-0.4, -0.2) is 41.8 Å². The summed E-state index contributed by atoms with van der Waals surface area (Å²) in [6.45, 7) is 1.14. The lowest BCUT2D eigenvalue weighted by atomic mass is 9.97. The molecule has 1 aromatic rings. The molecule has 6 heteroatoms. The Labute approximate surface area is 120 Å². The third-order valence-corrected chi connectivity index (χ3v) is 3.93. The molecule has 102 valence electrons. The number of halogens is 1. The number of aromatic nitrogens is 1. The van der Waals surface area contributed by atoms with Gasteiger partial charge in [-0.25, -0.2) is 4.98 Å². The van der Waals surface area contributed by atoms with Crippen molar-refractivity contribution in [2.24, 2.45) is 5.92 Å². The molecule has 0 aromatic carbocycles. The van der Waals surface area contributed by atoms with Gasteiger partial charge in [-0.05, 0) is 40.9 Å². The normalized spacial score (nSPS) is 19.1. The Balaban J connectivity index is 2.11. The first-order chi connectivity index (χ1) is 9.13. The fourth-order valence-electron chi connectivity index (χ4n) is 2.27. The summed E-state index contributed by atoms with van der Waals surface area (Å²) < 4.78 is 0.682. The molecule has 0 radical (unpaired) electrons. The minimum absolute atomic E-state index is 0.00223. The van der Waals surface area contributed by atoms with E-state index in [4.69, 9.17) is 0 Å². The van der Waals surface area contributed by atoms with Crippen molar-refractivity contribution >= 4 is 27.7 Å². The van der Waals surface area contributed by atoms with Gasteiger partial charge in [0.15, 0.2) is 0 Å². The number of piperidine rings is 1. The van der Waals surface area contributed by atoms with E-state index in [-0.39, 0.29) is 17.7 Å². The standard InChI is InChI=1S/C13H16BrN3O2/c1-15-12(18)9-4-3-7-17(8-9)13(19)11-10(14)5-2-6-16-11/h2,5-6,9H,3-4,7-8H2,1H3,(H,15,18). The molecule has 1 N–H and O–H groups in total. The van der Waals surface area contributed by atoms with Crippen molar-refractivity contribution in [3.63, 3.8) is 0 Å². The smallest absolute Gasteiger partial charge is 0.273 e. The number of carbonyl (C=O) groups is 2. The number of hydrogen-bond acceptors (Lipinski definition) is 3. The SMILES string of the molecule is CNC(=O)C1CCCN(C(=O)c2ncccc2Br)C1. The molecule has 2 amide bonds. The molecule has 1 aliphatic rings. The summed E-state index contributed by atoms with van der Waals surface area (Å²) >= 11 is 3.33. The summed E-state index contributed by atoms with van der Waals surface area (Å²) in [5.41, 5.74) is 0.403. The van der Waals surface area contributed by atoms with Gasteiger partial charge in [0.2, 0.25) is 5.91 Å². The van der Waals surface area contributed by atoms with Gasteiger partial charge in [0, 0.05) is 30.8 Å². The molecule has 1 unspecified atom stereocenters. The van der Waals surface area contributed by atoms with Crippen molar-refractivity contribution in [1.29, 1.82) is 0 Å². The minimum atomic E-state index is -0.124. The summed E-state index contributed by atoms with van der Waals surface area (Å²) in [6, 6.07) is 3.56. The van der Waals surface area contributed by atoms with Crippen LogP contribution < -0.4 is 5.32 Å². The second-order valence-corrected chi connectivity index (χ2v) is 5.39. The lowest BCUT2D eigenvalue weighted by Gasteiger charge is -2.31. The van der Waals surface area contributed by atoms with Gasteiger partial charge < -0.3 is 10.2 Å². The van der Waals surface area contributed by atoms with E-state index < -0.39 is 0 Å². The molecular weight excluding hydrogens is 310 g/mol. The second-order valence-electron chi connectivity index (χ2n) is 4.54. The average Bonchev–Trinajstić information content (AvgIpc) is 2.46. The summed E-state index contributed by atoms with van der Waals surface area (Å²) in [5.74, 6) is -0.246. The maximum Gasteiger partial charge on any atom is 0.273 e. The van der Waals surface area contributed by atoms with Gasteiger partial charge in [-0.2, -0.15) is 0 Å². The van der Waals surface area contributed by atoms with Gasteiger partial charge in [0.05, 0.1) is 5.92 Å². The topological polar surface area (TPSA) is 62.3 Å². The Morgan fingerprint density at radius 1 is 1.53 bits per heavy atom. The summed E-state index contributed by atoms with van der Waals surface area (Å²) in [7, 11) is 1.62. The molecule has 1 atom stereocenters. The van der Waals surface area contributed by atoms with Gasteiger partial charge in [0.1, 0.15) is 5.69 Å². The van der Waals surface area contributed by atoms with Gasteiger partial charge in [0.25, 0.3) is 5.91 Å². The maximum atomic E-state index is 12.4. The highest BCUT2D eigenvalue weighted by molar-refractivity contribution is 9.10. The predicted octanol–water partition coefficient (Wildman–Crippen LogP) is 1.44. The fraction of sp³-hybridized carbons (Fsp3) is 0.462. The number of hydrogen-bond donors (Lipinski definition) is 1. The van der Waals surface area contributed by atoms with Crippen LogP contribution in [0.5, 0.6) is 0 Å². The number of carbonyl (C=O) groups excluding carboxylic acids is 2. The van der Waals surface area contributed by atoms with E-state index in [9.17, 15) is 9.59 Å². The minimum Gasteiger partial charge on any atom is -0.359 e. The molecule has 5 nitrogen and oxygen atoms in total. The van der Waals surface area contributed by atoms with E-state index in [1.165, 1.54) is 0 Å². The number of rotatable bonds is 2. The van der Waals surface area contributed by atoms with Gasteiger partial charge in [-0.15, -0.1) is 0 Å². The molecule has 1 saturated heterocycles. The molecule has 19 heavy (non-hydrogen) atoms.